The molecule has 3 aromatic rings. The average molecular weight is 424 g/mol. The van der Waals surface area contributed by atoms with Gasteiger partial charge >= 0.3 is 0 Å². The van der Waals surface area contributed by atoms with Crippen molar-refractivity contribution in [3.63, 3.8) is 0 Å². The Morgan fingerprint density at radius 1 is 1.33 bits per heavy atom. The quantitative estimate of drug-likeness (QED) is 0.264. The van der Waals surface area contributed by atoms with Gasteiger partial charge < -0.3 is 10.1 Å². The first-order chi connectivity index (χ1) is 14.4. The molecular formula is C20H14ClN5O4. The van der Waals surface area contributed by atoms with E-state index in [4.69, 9.17) is 16.3 Å². The molecule has 0 unspecified atom stereocenters. The number of non-ortho nitro benzene ring substituents is 1. The molecule has 2 aromatic carbocycles. The van der Waals surface area contributed by atoms with Gasteiger partial charge in [-0.15, -0.1) is 0 Å². The van der Waals surface area contributed by atoms with Crippen LogP contribution in [-0.4, -0.2) is 28.1 Å². The maximum atomic E-state index is 12.6. The normalized spacial score (nSPS) is 10.9. The van der Waals surface area contributed by atoms with Gasteiger partial charge in [-0.1, -0.05) is 11.6 Å². The second kappa shape index (κ2) is 8.89. The second-order valence-electron chi connectivity index (χ2n) is 5.97. The van der Waals surface area contributed by atoms with Gasteiger partial charge in [0, 0.05) is 23.3 Å². The summed E-state index contributed by atoms with van der Waals surface area (Å²) in [6.45, 7) is 0. The van der Waals surface area contributed by atoms with Gasteiger partial charge in [-0.3, -0.25) is 20.0 Å². The number of carbonyl (C=O) groups is 1. The summed E-state index contributed by atoms with van der Waals surface area (Å²) in [6.07, 6.45) is 2.84. The molecule has 0 spiro atoms. The van der Waals surface area contributed by atoms with E-state index in [1.165, 1.54) is 24.4 Å². The van der Waals surface area contributed by atoms with E-state index in [1.807, 2.05) is 6.07 Å². The Morgan fingerprint density at radius 2 is 2.07 bits per heavy atom. The summed E-state index contributed by atoms with van der Waals surface area (Å²) in [5.74, 6) is -0.0805. The van der Waals surface area contributed by atoms with Crippen molar-refractivity contribution in [3.05, 3.63) is 74.9 Å². The first kappa shape index (κ1) is 20.6. The van der Waals surface area contributed by atoms with Crippen LogP contribution in [0.25, 0.3) is 17.3 Å². The van der Waals surface area contributed by atoms with Gasteiger partial charge in [0.15, 0.2) is 0 Å². The highest BCUT2D eigenvalue weighted by Gasteiger charge is 2.16. The van der Waals surface area contributed by atoms with Gasteiger partial charge in [-0.05, 0) is 36.4 Å². The van der Waals surface area contributed by atoms with E-state index in [0.717, 1.165) is 11.6 Å². The molecule has 1 amide bonds. The molecule has 0 aliphatic rings. The lowest BCUT2D eigenvalue weighted by Crippen LogP contribution is -2.14. The number of nitro groups is 1. The molecule has 2 N–H and O–H groups in total. The monoisotopic (exact) mass is 423 g/mol. The van der Waals surface area contributed by atoms with Gasteiger partial charge in [0.2, 0.25) is 0 Å². The number of methoxy groups -OCH3 is 1. The van der Waals surface area contributed by atoms with Crippen molar-refractivity contribution in [1.82, 2.24) is 10.2 Å². The maximum Gasteiger partial charge on any atom is 0.271 e. The highest BCUT2D eigenvalue weighted by molar-refractivity contribution is 6.34. The largest absolute Gasteiger partial charge is 0.497 e. The Morgan fingerprint density at radius 3 is 2.70 bits per heavy atom. The first-order valence-electron chi connectivity index (χ1n) is 8.48. The predicted octanol–water partition coefficient (Wildman–Crippen LogP) is 4.19. The summed E-state index contributed by atoms with van der Waals surface area (Å²) < 4.78 is 5.13. The van der Waals surface area contributed by atoms with Gasteiger partial charge in [0.25, 0.3) is 11.6 Å². The molecule has 0 saturated heterocycles. The molecule has 9 nitrogen and oxygen atoms in total. The molecule has 0 bridgehead atoms. The van der Waals surface area contributed by atoms with E-state index in [-0.39, 0.29) is 22.0 Å². The Bertz CT molecular complexity index is 1180. The predicted molar refractivity (Wildman–Crippen MR) is 111 cm³/mol. The third-order valence-electron chi connectivity index (χ3n) is 4.12. The van der Waals surface area contributed by atoms with E-state index in [2.05, 4.69) is 15.5 Å². The minimum Gasteiger partial charge on any atom is -0.497 e. The van der Waals surface area contributed by atoms with E-state index in [0.29, 0.717) is 17.0 Å². The minimum absolute atomic E-state index is 0.0274. The van der Waals surface area contributed by atoms with Crippen LogP contribution >= 0.6 is 11.6 Å². The van der Waals surface area contributed by atoms with Crippen molar-refractivity contribution in [3.8, 4) is 23.1 Å². The van der Waals surface area contributed by atoms with E-state index in [9.17, 15) is 20.2 Å². The van der Waals surface area contributed by atoms with Crippen LogP contribution in [0.3, 0.4) is 0 Å². The van der Waals surface area contributed by atoms with Crippen molar-refractivity contribution < 1.29 is 14.5 Å². The highest BCUT2D eigenvalue weighted by atomic mass is 35.5. The number of aromatic nitrogens is 2. The van der Waals surface area contributed by atoms with Crippen LogP contribution in [-0.2, 0) is 4.79 Å². The molecule has 0 radical (unpaired) electrons. The van der Waals surface area contributed by atoms with Crippen molar-refractivity contribution >= 4 is 35.0 Å². The van der Waals surface area contributed by atoms with Crippen LogP contribution in [0.4, 0.5) is 11.4 Å². The number of nitrogens with one attached hydrogen (secondary N) is 2. The number of benzene rings is 2. The zero-order valence-electron chi connectivity index (χ0n) is 15.5. The van der Waals surface area contributed by atoms with Gasteiger partial charge in [0.1, 0.15) is 17.4 Å². The van der Waals surface area contributed by atoms with Crippen LogP contribution < -0.4 is 10.1 Å². The van der Waals surface area contributed by atoms with Crippen molar-refractivity contribution in [2.24, 2.45) is 0 Å². The molecular weight excluding hydrogens is 410 g/mol. The fourth-order valence-electron chi connectivity index (χ4n) is 2.61. The number of H-pyrrole nitrogens is 1. The minimum atomic E-state index is -0.762. The topological polar surface area (TPSA) is 134 Å². The number of hydrogen-bond donors (Lipinski definition) is 2. The molecule has 3 rings (SSSR count). The zero-order valence-corrected chi connectivity index (χ0v) is 16.3. The van der Waals surface area contributed by atoms with Crippen LogP contribution in [0.15, 0.2) is 54.2 Å². The van der Waals surface area contributed by atoms with Crippen LogP contribution in [0.5, 0.6) is 5.75 Å². The molecule has 0 saturated carbocycles. The Hall–Kier alpha value is -4.16. The summed E-state index contributed by atoms with van der Waals surface area (Å²) in [5.41, 5.74) is 1.45. The lowest BCUT2D eigenvalue weighted by atomic mass is 10.1. The number of nitrogens with zero attached hydrogens (tertiary/aromatic N) is 3. The number of rotatable bonds is 6. The number of ether oxygens (including phenoxy) is 1. The molecule has 0 fully saturated rings. The number of nitro benzene ring substituents is 1. The van der Waals surface area contributed by atoms with Crippen LogP contribution in [0.1, 0.15) is 5.56 Å². The molecule has 0 atom stereocenters. The third kappa shape index (κ3) is 4.45. The lowest BCUT2D eigenvalue weighted by Gasteiger charge is -2.07. The number of nitriles is 1. The zero-order chi connectivity index (χ0) is 21.7. The van der Waals surface area contributed by atoms with Gasteiger partial charge in [-0.2, -0.15) is 10.4 Å². The van der Waals surface area contributed by atoms with Crippen molar-refractivity contribution in [2.45, 2.75) is 0 Å². The summed E-state index contributed by atoms with van der Waals surface area (Å²) in [4.78, 5) is 22.9. The number of carbonyl (C=O) groups excluding carboxylic acids is 1. The van der Waals surface area contributed by atoms with E-state index in [1.54, 1.807) is 31.4 Å². The van der Waals surface area contributed by atoms with Crippen molar-refractivity contribution in [2.75, 3.05) is 12.4 Å². The Balaban J connectivity index is 1.89. The molecule has 10 heteroatoms. The first-order valence-corrected chi connectivity index (χ1v) is 8.85. The number of hydrogen-bond acceptors (Lipinski definition) is 6. The summed E-state index contributed by atoms with van der Waals surface area (Å²) >= 11 is 6.00. The van der Waals surface area contributed by atoms with E-state index >= 15 is 0 Å². The average Bonchev–Trinajstić information content (AvgIpc) is 3.21. The lowest BCUT2D eigenvalue weighted by molar-refractivity contribution is -0.384. The molecule has 30 heavy (non-hydrogen) atoms. The summed E-state index contributed by atoms with van der Waals surface area (Å²) in [5, 5.41) is 29.7. The Labute approximate surface area is 175 Å². The molecule has 1 heterocycles. The maximum absolute atomic E-state index is 12.6. The third-order valence-corrected chi connectivity index (χ3v) is 4.45. The highest BCUT2D eigenvalue weighted by Crippen LogP contribution is 2.28. The molecule has 150 valence electrons. The standard InChI is InChI=1S/C20H14ClN5O4/c1-30-16-5-2-12(3-6-16)19-14(11-23-25-19)8-13(10-22)20(27)24-18-9-15(26(28)29)4-7-17(18)21/h2-9,11H,1H3,(H,23,25)(H,24,27)/b13-8+. The molecule has 1 aromatic heterocycles. The number of anilines is 1. The van der Waals surface area contributed by atoms with Gasteiger partial charge in [0.05, 0.1) is 34.6 Å². The molecule has 0 aliphatic heterocycles. The van der Waals surface area contributed by atoms with Gasteiger partial charge in [-0.25, -0.2) is 0 Å². The number of aromatic amines is 1. The summed E-state index contributed by atoms with van der Waals surface area (Å²) in [7, 11) is 1.56. The second-order valence-corrected chi connectivity index (χ2v) is 6.38. The fraction of sp³-hybridized carbons (Fsp3) is 0.0500. The number of halogens is 1. The van der Waals surface area contributed by atoms with E-state index < -0.39 is 10.8 Å². The SMILES string of the molecule is COc1ccc(-c2[nH]ncc2/C=C(\C#N)C(=O)Nc2cc([N+](=O)[O-])ccc2Cl)cc1. The number of amides is 1. The summed E-state index contributed by atoms with van der Waals surface area (Å²) in [6, 6.07) is 12.6. The Kier molecular flexibility index (Phi) is 6.10. The van der Waals surface area contributed by atoms with Crippen LogP contribution in [0.2, 0.25) is 5.02 Å². The van der Waals surface area contributed by atoms with Crippen LogP contribution in [0, 0.1) is 21.4 Å². The van der Waals surface area contributed by atoms with Crippen molar-refractivity contribution in [1.29, 1.82) is 5.26 Å². The molecule has 0 aliphatic carbocycles. The fourth-order valence-corrected chi connectivity index (χ4v) is 2.77. The smallest absolute Gasteiger partial charge is 0.271 e.